The van der Waals surface area contributed by atoms with Crippen LogP contribution in [0.4, 0.5) is 11.5 Å². The van der Waals surface area contributed by atoms with Gasteiger partial charge >= 0.3 is 5.69 Å². The summed E-state index contributed by atoms with van der Waals surface area (Å²) >= 11 is 2.88. The number of anilines is 2. The number of aromatic amines is 1. The fraction of sp³-hybridized carbons (Fsp3) is 0.100. The highest BCUT2D eigenvalue weighted by Crippen LogP contribution is 2.27. The van der Waals surface area contributed by atoms with E-state index < -0.39 is 17.2 Å². The van der Waals surface area contributed by atoms with Gasteiger partial charge in [-0.25, -0.2) is 9.78 Å². The Morgan fingerprint density at radius 3 is 2.67 bits per heavy atom. The van der Waals surface area contributed by atoms with Crippen LogP contribution in [-0.2, 0) is 6.54 Å². The van der Waals surface area contributed by atoms with Crippen molar-refractivity contribution >= 4 is 40.1 Å². The first-order valence-corrected chi connectivity index (χ1v) is 10.7. The van der Waals surface area contributed by atoms with E-state index in [9.17, 15) is 14.4 Å². The molecule has 4 aromatic rings. The summed E-state index contributed by atoms with van der Waals surface area (Å²) in [6.07, 6.45) is 0. The van der Waals surface area contributed by atoms with Crippen LogP contribution in [0.3, 0.4) is 0 Å². The van der Waals surface area contributed by atoms with E-state index in [-0.39, 0.29) is 23.7 Å². The van der Waals surface area contributed by atoms with Crippen LogP contribution >= 0.6 is 22.7 Å². The topological polar surface area (TPSA) is 114 Å². The zero-order valence-electron chi connectivity index (χ0n) is 15.9. The molecule has 0 aliphatic heterocycles. The van der Waals surface area contributed by atoms with Crippen LogP contribution in [0.1, 0.15) is 16.1 Å². The van der Waals surface area contributed by atoms with Gasteiger partial charge in [0.05, 0.1) is 6.54 Å². The van der Waals surface area contributed by atoms with Crippen molar-refractivity contribution < 1.29 is 4.79 Å². The number of hydrogen-bond donors (Lipinski definition) is 2. The largest absolute Gasteiger partial charge is 0.383 e. The van der Waals surface area contributed by atoms with Gasteiger partial charge in [0, 0.05) is 23.4 Å². The van der Waals surface area contributed by atoms with Gasteiger partial charge in [0.1, 0.15) is 16.5 Å². The van der Waals surface area contributed by atoms with E-state index in [4.69, 9.17) is 5.73 Å². The van der Waals surface area contributed by atoms with Crippen molar-refractivity contribution in [2.75, 3.05) is 17.7 Å². The fourth-order valence-electron chi connectivity index (χ4n) is 2.99. The second-order valence-corrected chi connectivity index (χ2v) is 8.12. The van der Waals surface area contributed by atoms with Crippen LogP contribution in [-0.4, -0.2) is 27.5 Å². The molecule has 0 unspecified atom stereocenters. The van der Waals surface area contributed by atoms with Crippen LogP contribution < -0.4 is 21.9 Å². The first kappa shape index (κ1) is 19.8. The molecule has 0 bridgehead atoms. The molecule has 0 saturated heterocycles. The van der Waals surface area contributed by atoms with Gasteiger partial charge in [-0.2, -0.15) is 11.3 Å². The normalized spacial score (nSPS) is 10.8. The molecule has 1 aromatic carbocycles. The smallest absolute Gasteiger partial charge is 0.330 e. The molecule has 1 amide bonds. The Bertz CT molecular complexity index is 1310. The van der Waals surface area contributed by atoms with Crippen LogP contribution in [0, 0.1) is 0 Å². The van der Waals surface area contributed by atoms with Gasteiger partial charge in [-0.05, 0) is 17.0 Å². The Kier molecular flexibility index (Phi) is 5.34. The minimum atomic E-state index is -0.731. The molecule has 0 saturated carbocycles. The highest BCUT2D eigenvalue weighted by Gasteiger charge is 2.24. The molecule has 3 N–H and O–H groups in total. The number of nitrogen functional groups attached to an aromatic ring is 1. The lowest BCUT2D eigenvalue weighted by molar-refractivity contribution is 0.0988. The SMILES string of the molecule is CN(C(=O)c1csc(-c2ccsc2)n1)c1c(N)n(Cc2ccccc2)c(=O)[nH]c1=O. The molecular formula is C20H17N5O3S2. The third-order valence-electron chi connectivity index (χ3n) is 4.53. The molecule has 10 heteroatoms. The summed E-state index contributed by atoms with van der Waals surface area (Å²) in [5.41, 5.74) is 6.66. The minimum Gasteiger partial charge on any atom is -0.383 e. The van der Waals surface area contributed by atoms with Crippen molar-refractivity contribution in [3.05, 3.63) is 84.6 Å². The molecule has 0 aliphatic rings. The summed E-state index contributed by atoms with van der Waals surface area (Å²) in [6, 6.07) is 11.1. The number of thiophene rings is 1. The molecule has 30 heavy (non-hydrogen) atoms. The molecule has 0 spiro atoms. The number of nitrogens with one attached hydrogen (secondary N) is 1. The van der Waals surface area contributed by atoms with Crippen LogP contribution in [0.2, 0.25) is 0 Å². The van der Waals surface area contributed by atoms with E-state index >= 15 is 0 Å². The molecular weight excluding hydrogens is 422 g/mol. The van der Waals surface area contributed by atoms with Crippen molar-refractivity contribution in [3.8, 4) is 10.6 Å². The zero-order valence-corrected chi connectivity index (χ0v) is 17.5. The summed E-state index contributed by atoms with van der Waals surface area (Å²) in [4.78, 5) is 45.5. The molecule has 0 aliphatic carbocycles. The first-order chi connectivity index (χ1) is 14.5. The van der Waals surface area contributed by atoms with E-state index in [1.165, 1.54) is 34.3 Å². The molecule has 8 nitrogen and oxygen atoms in total. The Balaban J connectivity index is 1.69. The lowest BCUT2D eigenvalue weighted by Gasteiger charge is -2.19. The number of carbonyl (C=O) groups is 1. The Hall–Kier alpha value is -3.50. The quantitative estimate of drug-likeness (QED) is 0.496. The Morgan fingerprint density at radius 2 is 1.97 bits per heavy atom. The summed E-state index contributed by atoms with van der Waals surface area (Å²) in [6.45, 7) is 0.163. The molecule has 3 heterocycles. The molecule has 3 aromatic heterocycles. The highest BCUT2D eigenvalue weighted by atomic mass is 32.1. The predicted molar refractivity (Wildman–Crippen MR) is 119 cm³/mol. The van der Waals surface area contributed by atoms with Gasteiger partial charge in [-0.15, -0.1) is 11.3 Å². The number of amides is 1. The molecule has 0 radical (unpaired) electrons. The summed E-state index contributed by atoms with van der Waals surface area (Å²) < 4.78 is 1.23. The van der Waals surface area contributed by atoms with Crippen molar-refractivity contribution in [2.24, 2.45) is 0 Å². The van der Waals surface area contributed by atoms with Gasteiger partial charge in [-0.3, -0.25) is 19.1 Å². The van der Waals surface area contributed by atoms with Gasteiger partial charge in [0.2, 0.25) is 0 Å². The van der Waals surface area contributed by atoms with E-state index in [1.807, 2.05) is 47.2 Å². The van der Waals surface area contributed by atoms with E-state index in [0.717, 1.165) is 16.0 Å². The maximum Gasteiger partial charge on any atom is 0.330 e. The second-order valence-electron chi connectivity index (χ2n) is 6.48. The van der Waals surface area contributed by atoms with Crippen molar-refractivity contribution in [1.82, 2.24) is 14.5 Å². The fourth-order valence-corrected chi connectivity index (χ4v) is 4.49. The third kappa shape index (κ3) is 3.70. The van der Waals surface area contributed by atoms with Crippen LogP contribution in [0.5, 0.6) is 0 Å². The zero-order chi connectivity index (χ0) is 21.3. The Morgan fingerprint density at radius 1 is 1.20 bits per heavy atom. The second kappa shape index (κ2) is 8.09. The summed E-state index contributed by atoms with van der Waals surface area (Å²) in [5, 5.41) is 6.22. The number of benzene rings is 1. The first-order valence-electron chi connectivity index (χ1n) is 8.88. The average molecular weight is 440 g/mol. The standard InChI is InChI=1S/C20H17N5O3S2/c1-24(19(27)14-11-30-18(22-14)13-7-8-29-10-13)15-16(21)25(20(28)23-17(15)26)9-12-5-3-2-4-6-12/h2-8,10-11H,9,21H2,1H3,(H,23,26,28). The number of carbonyl (C=O) groups excluding carboxylic acids is 1. The van der Waals surface area contributed by atoms with Crippen LogP contribution in [0.25, 0.3) is 10.6 Å². The summed E-state index contributed by atoms with van der Waals surface area (Å²) in [5.74, 6) is -0.577. The Labute approximate surface area is 178 Å². The van der Waals surface area contributed by atoms with Gasteiger partial charge in [0.25, 0.3) is 11.5 Å². The van der Waals surface area contributed by atoms with Crippen molar-refractivity contribution in [1.29, 1.82) is 0 Å². The van der Waals surface area contributed by atoms with Crippen molar-refractivity contribution in [3.63, 3.8) is 0 Å². The van der Waals surface area contributed by atoms with E-state index in [1.54, 1.807) is 5.38 Å². The maximum absolute atomic E-state index is 13.0. The third-order valence-corrected chi connectivity index (χ3v) is 6.10. The lowest BCUT2D eigenvalue weighted by Crippen LogP contribution is -2.39. The van der Waals surface area contributed by atoms with Gasteiger partial charge < -0.3 is 10.6 Å². The van der Waals surface area contributed by atoms with Crippen molar-refractivity contribution in [2.45, 2.75) is 6.54 Å². The minimum absolute atomic E-state index is 0.0864. The molecule has 0 atom stereocenters. The number of nitrogens with zero attached hydrogens (tertiary/aromatic N) is 3. The number of aromatic nitrogens is 3. The number of rotatable bonds is 5. The maximum atomic E-state index is 13.0. The predicted octanol–water partition coefficient (Wildman–Crippen LogP) is 2.63. The van der Waals surface area contributed by atoms with E-state index in [0.29, 0.717) is 5.01 Å². The van der Waals surface area contributed by atoms with Gasteiger partial charge in [-0.1, -0.05) is 30.3 Å². The number of nitrogens with two attached hydrogens (primary N) is 1. The lowest BCUT2D eigenvalue weighted by atomic mass is 10.2. The van der Waals surface area contributed by atoms with E-state index in [2.05, 4.69) is 9.97 Å². The summed E-state index contributed by atoms with van der Waals surface area (Å²) in [7, 11) is 1.43. The average Bonchev–Trinajstić information content (AvgIpc) is 3.42. The number of H-pyrrole nitrogens is 1. The molecule has 0 fully saturated rings. The van der Waals surface area contributed by atoms with Crippen LogP contribution in [0.15, 0.2) is 62.1 Å². The molecule has 4 rings (SSSR count). The van der Waals surface area contributed by atoms with Gasteiger partial charge in [0.15, 0.2) is 5.69 Å². The molecule has 152 valence electrons. The number of thiazole rings is 1. The monoisotopic (exact) mass is 439 g/mol. The number of hydrogen-bond acceptors (Lipinski definition) is 7. The highest BCUT2D eigenvalue weighted by molar-refractivity contribution is 7.14.